The van der Waals surface area contributed by atoms with E-state index in [1.54, 1.807) is 43.3 Å². The Morgan fingerprint density at radius 1 is 1.06 bits per heavy atom. The fourth-order valence-electron chi connectivity index (χ4n) is 3.43. The Morgan fingerprint density at radius 2 is 1.78 bits per heavy atom. The number of urea groups is 1. The molecule has 4 aromatic rings. The van der Waals surface area contributed by atoms with Crippen molar-refractivity contribution < 1.29 is 13.2 Å². The van der Waals surface area contributed by atoms with Crippen LogP contribution in [0.1, 0.15) is 4.88 Å². The fraction of sp³-hybridized carbons (Fsp3) is 0.208. The molecule has 0 saturated carbocycles. The molecule has 0 spiro atoms. The van der Waals surface area contributed by atoms with Gasteiger partial charge in [-0.15, -0.1) is 11.3 Å². The summed E-state index contributed by atoms with van der Waals surface area (Å²) >= 11 is 1.08. The number of hydrogen-bond donors (Lipinski definition) is 3. The first kappa shape index (κ1) is 25.4. The van der Waals surface area contributed by atoms with Crippen molar-refractivity contribution >= 4 is 49.7 Å². The van der Waals surface area contributed by atoms with Crippen LogP contribution in [0.2, 0.25) is 0 Å². The Balaban J connectivity index is 1.46. The zero-order valence-electron chi connectivity index (χ0n) is 20.0. The molecule has 188 valence electrons. The highest BCUT2D eigenvalue weighted by molar-refractivity contribution is 7.92. The van der Waals surface area contributed by atoms with E-state index in [2.05, 4.69) is 20.5 Å². The number of benzene rings is 2. The molecule has 36 heavy (non-hydrogen) atoms. The number of amides is 2. The molecule has 0 aliphatic carbocycles. The van der Waals surface area contributed by atoms with Gasteiger partial charge in [0, 0.05) is 29.3 Å². The summed E-state index contributed by atoms with van der Waals surface area (Å²) < 4.78 is 28.1. The van der Waals surface area contributed by atoms with Crippen LogP contribution in [0.3, 0.4) is 0 Å². The molecule has 3 N–H and O–H groups in total. The Morgan fingerprint density at radius 3 is 2.44 bits per heavy atom. The van der Waals surface area contributed by atoms with Gasteiger partial charge in [0.15, 0.2) is 0 Å². The van der Waals surface area contributed by atoms with Gasteiger partial charge in [-0.05, 0) is 75.6 Å². The van der Waals surface area contributed by atoms with E-state index >= 15 is 0 Å². The second-order valence-electron chi connectivity index (χ2n) is 8.35. The van der Waals surface area contributed by atoms with Crippen LogP contribution in [0.15, 0.2) is 69.9 Å². The van der Waals surface area contributed by atoms with Gasteiger partial charge in [-0.3, -0.25) is 9.36 Å². The van der Waals surface area contributed by atoms with Crippen LogP contribution in [0.5, 0.6) is 0 Å². The number of hydrogen-bond acceptors (Lipinski definition) is 8. The molecule has 2 heterocycles. The molecule has 12 heteroatoms. The van der Waals surface area contributed by atoms with Crippen molar-refractivity contribution in [2.75, 3.05) is 37.8 Å². The molecule has 10 nitrogen and oxygen atoms in total. The van der Waals surface area contributed by atoms with E-state index in [0.717, 1.165) is 35.0 Å². The van der Waals surface area contributed by atoms with Crippen molar-refractivity contribution in [3.8, 4) is 5.69 Å². The van der Waals surface area contributed by atoms with E-state index < -0.39 is 16.1 Å². The summed E-state index contributed by atoms with van der Waals surface area (Å²) in [5, 5.41) is 6.28. The summed E-state index contributed by atoms with van der Waals surface area (Å²) in [4.78, 5) is 32.6. The molecule has 2 aromatic heterocycles. The topological polar surface area (TPSA) is 125 Å². The maximum absolute atomic E-state index is 13.0. The lowest BCUT2D eigenvalue weighted by molar-refractivity contribution is 0.256. The number of aromatic nitrogens is 2. The van der Waals surface area contributed by atoms with Crippen molar-refractivity contribution in [3.05, 3.63) is 76.2 Å². The molecule has 4 rings (SSSR count). The normalized spacial score (nSPS) is 11.6. The molecule has 0 aliphatic heterocycles. The number of anilines is 2. The van der Waals surface area contributed by atoms with Crippen molar-refractivity contribution in [3.63, 3.8) is 0 Å². The second-order valence-corrected chi connectivity index (χ2v) is 11.6. The monoisotopic (exact) mass is 526 g/mol. The van der Waals surface area contributed by atoms with Crippen molar-refractivity contribution in [2.24, 2.45) is 0 Å². The first-order chi connectivity index (χ1) is 17.1. The molecule has 0 bridgehead atoms. The lowest BCUT2D eigenvalue weighted by Gasteiger charge is -2.12. The Kier molecular flexibility index (Phi) is 7.38. The molecule has 2 amide bonds. The number of thiophene rings is 1. The van der Waals surface area contributed by atoms with E-state index in [0.29, 0.717) is 22.3 Å². The van der Waals surface area contributed by atoms with Gasteiger partial charge in [0.2, 0.25) is 0 Å². The number of carbonyl (C=O) groups excluding carboxylic acids is 1. The Hall–Kier alpha value is -3.74. The maximum atomic E-state index is 13.0. The molecule has 0 atom stereocenters. The van der Waals surface area contributed by atoms with E-state index in [9.17, 15) is 18.0 Å². The minimum atomic E-state index is -3.95. The second kappa shape index (κ2) is 10.5. The van der Waals surface area contributed by atoms with Gasteiger partial charge >= 0.3 is 6.03 Å². The number of aryl methyl sites for hydroxylation is 1. The highest BCUT2D eigenvalue weighted by Crippen LogP contribution is 2.21. The van der Waals surface area contributed by atoms with Gasteiger partial charge in [0.05, 0.1) is 16.6 Å². The van der Waals surface area contributed by atoms with Crippen molar-refractivity contribution in [1.82, 2.24) is 19.2 Å². The van der Waals surface area contributed by atoms with Crippen LogP contribution < -0.4 is 20.9 Å². The number of fused-ring (bicyclic) bond motifs is 1. The smallest absolute Gasteiger partial charge is 0.333 e. The van der Waals surface area contributed by atoms with Crippen LogP contribution in [0, 0.1) is 6.92 Å². The van der Waals surface area contributed by atoms with Crippen LogP contribution in [0.25, 0.3) is 16.6 Å². The number of likely N-dealkylation sites (N-methyl/N-ethyl adjacent to an activating group) is 1. The Labute approximate surface area is 212 Å². The molecular formula is C24H26N6O4S2. The molecular weight excluding hydrogens is 500 g/mol. The largest absolute Gasteiger partial charge is 0.384 e. The third kappa shape index (κ3) is 5.90. The summed E-state index contributed by atoms with van der Waals surface area (Å²) in [6.45, 7) is 3.43. The number of carbonyl (C=O) groups is 1. The predicted molar refractivity (Wildman–Crippen MR) is 143 cm³/mol. The molecule has 0 radical (unpaired) electrons. The molecule has 0 saturated heterocycles. The van der Waals surface area contributed by atoms with Crippen LogP contribution in [-0.4, -0.2) is 56.1 Å². The van der Waals surface area contributed by atoms with Crippen molar-refractivity contribution in [1.29, 1.82) is 0 Å². The summed E-state index contributed by atoms with van der Waals surface area (Å²) in [6.07, 6.45) is 1.46. The Bertz CT molecular complexity index is 1560. The van der Waals surface area contributed by atoms with E-state index in [4.69, 9.17) is 0 Å². The predicted octanol–water partition coefficient (Wildman–Crippen LogP) is 3.24. The van der Waals surface area contributed by atoms with Crippen molar-refractivity contribution in [2.45, 2.75) is 11.1 Å². The molecule has 2 aromatic carbocycles. The average molecular weight is 527 g/mol. The summed E-state index contributed by atoms with van der Waals surface area (Å²) in [5.41, 5.74) is 2.16. The summed E-state index contributed by atoms with van der Waals surface area (Å²) in [6, 6.07) is 14.1. The van der Waals surface area contributed by atoms with Gasteiger partial charge in [-0.25, -0.2) is 22.9 Å². The average Bonchev–Trinajstić information content (AvgIpc) is 3.27. The van der Waals surface area contributed by atoms with E-state index in [1.807, 2.05) is 31.0 Å². The summed E-state index contributed by atoms with van der Waals surface area (Å²) in [7, 11) is 0.0494. The van der Waals surface area contributed by atoms with Crippen LogP contribution in [-0.2, 0) is 10.0 Å². The van der Waals surface area contributed by atoms with Gasteiger partial charge in [0.25, 0.3) is 15.6 Å². The van der Waals surface area contributed by atoms with E-state index in [-0.39, 0.29) is 9.77 Å². The maximum Gasteiger partial charge on any atom is 0.333 e. The minimum absolute atomic E-state index is 0.0603. The summed E-state index contributed by atoms with van der Waals surface area (Å²) in [5.74, 6) is 0. The number of nitrogens with one attached hydrogen (secondary N) is 3. The van der Waals surface area contributed by atoms with Crippen LogP contribution >= 0.6 is 11.3 Å². The third-order valence-electron chi connectivity index (χ3n) is 5.26. The third-order valence-corrected chi connectivity index (χ3v) is 8.08. The van der Waals surface area contributed by atoms with Gasteiger partial charge in [0.1, 0.15) is 10.5 Å². The zero-order valence-corrected chi connectivity index (χ0v) is 21.6. The SMILES string of the molecule is Cc1ccc(S(=O)(=O)NC(=O)Nc2ccc(-n3cnc4cc(NCCN(C)C)ccc4c3=O)cc2)s1. The molecule has 0 fully saturated rings. The van der Waals surface area contributed by atoms with Gasteiger partial charge in [-0.2, -0.15) is 0 Å². The quantitative estimate of drug-likeness (QED) is 0.322. The first-order valence-electron chi connectivity index (χ1n) is 11.0. The molecule has 0 unspecified atom stereocenters. The number of sulfonamides is 1. The highest BCUT2D eigenvalue weighted by atomic mass is 32.2. The first-order valence-corrected chi connectivity index (χ1v) is 13.3. The lowest BCUT2D eigenvalue weighted by Crippen LogP contribution is -2.33. The number of rotatable bonds is 8. The number of nitrogens with zero attached hydrogens (tertiary/aromatic N) is 3. The van der Waals surface area contributed by atoms with Gasteiger partial charge in [-0.1, -0.05) is 0 Å². The molecule has 0 aliphatic rings. The standard InChI is InChI=1S/C24H26N6O4S2/c1-16-4-11-22(35-16)36(33,34)28-24(32)27-17-5-8-19(9-6-17)30-15-26-21-14-18(25-12-13-29(2)3)7-10-20(21)23(30)31/h4-11,14-15,25H,12-13H2,1-3H3,(H2,27,28,32). The highest BCUT2D eigenvalue weighted by Gasteiger charge is 2.19. The minimum Gasteiger partial charge on any atom is -0.384 e. The van der Waals surface area contributed by atoms with Crippen LogP contribution in [0.4, 0.5) is 16.2 Å². The lowest BCUT2D eigenvalue weighted by atomic mass is 10.2. The van der Waals surface area contributed by atoms with E-state index in [1.165, 1.54) is 17.0 Å². The van der Waals surface area contributed by atoms with Gasteiger partial charge < -0.3 is 15.5 Å². The zero-order chi connectivity index (χ0) is 25.9. The fourth-order valence-corrected chi connectivity index (χ4v) is 5.62.